The van der Waals surface area contributed by atoms with Crippen LogP contribution in [0.15, 0.2) is 12.1 Å². The number of fused-ring (bicyclic) bond motifs is 1. The van der Waals surface area contributed by atoms with Crippen LogP contribution in [0.3, 0.4) is 0 Å². The molecule has 150 valence electrons. The molecule has 7 heteroatoms. The summed E-state index contributed by atoms with van der Waals surface area (Å²) < 4.78 is 5.71. The van der Waals surface area contributed by atoms with Gasteiger partial charge in [0, 0.05) is 41.2 Å². The molecule has 2 aromatic rings. The van der Waals surface area contributed by atoms with Crippen molar-refractivity contribution in [1.82, 2.24) is 15.1 Å². The van der Waals surface area contributed by atoms with Gasteiger partial charge in [0.05, 0.1) is 11.8 Å². The molecule has 1 aliphatic carbocycles. The van der Waals surface area contributed by atoms with Crippen LogP contribution < -0.4 is 4.74 Å². The fourth-order valence-corrected chi connectivity index (χ4v) is 4.87. The SMILES string of the molecule is CC(C)Oc1cc(Cl)c(Cc2[nH]nc3c2CC(N2CCCC2=O)CC3)c(Cl)c1. The lowest BCUT2D eigenvalue weighted by Crippen LogP contribution is -2.40. The first kappa shape index (κ1) is 19.6. The standard InChI is InChI=1S/C21H25Cl2N3O2/c1-12(2)28-14-9-17(22)15(18(23)10-14)11-20-16-8-13(5-6-19(16)24-25-20)26-7-3-4-21(26)27/h9-10,12-13H,3-8,11H2,1-2H3,(H,24,25). The minimum Gasteiger partial charge on any atom is -0.491 e. The van der Waals surface area contributed by atoms with E-state index in [1.807, 2.05) is 26.0 Å². The van der Waals surface area contributed by atoms with E-state index in [4.69, 9.17) is 27.9 Å². The van der Waals surface area contributed by atoms with Crippen LogP contribution in [0.2, 0.25) is 10.0 Å². The summed E-state index contributed by atoms with van der Waals surface area (Å²) in [5, 5.41) is 8.88. The molecular weight excluding hydrogens is 397 g/mol. The summed E-state index contributed by atoms with van der Waals surface area (Å²) in [7, 11) is 0. The fourth-order valence-electron chi connectivity index (χ4n) is 4.27. The third kappa shape index (κ3) is 3.87. The molecule has 4 rings (SSSR count). The van der Waals surface area contributed by atoms with Crippen LogP contribution in [-0.4, -0.2) is 39.7 Å². The molecule has 1 aromatic heterocycles. The van der Waals surface area contributed by atoms with Gasteiger partial charge in [0.1, 0.15) is 5.75 Å². The number of amides is 1. The number of ether oxygens (including phenoxy) is 1. The van der Waals surface area contributed by atoms with Crippen LogP contribution in [0, 0.1) is 0 Å². The zero-order valence-electron chi connectivity index (χ0n) is 16.2. The molecule has 5 nitrogen and oxygen atoms in total. The number of carbonyl (C=O) groups is 1. The van der Waals surface area contributed by atoms with Crippen molar-refractivity contribution < 1.29 is 9.53 Å². The summed E-state index contributed by atoms with van der Waals surface area (Å²) in [5.74, 6) is 0.957. The number of aromatic nitrogens is 2. The molecule has 1 atom stereocenters. The minimum absolute atomic E-state index is 0.0582. The van der Waals surface area contributed by atoms with Crippen molar-refractivity contribution in [3.63, 3.8) is 0 Å². The maximum Gasteiger partial charge on any atom is 0.222 e. The van der Waals surface area contributed by atoms with Crippen LogP contribution in [-0.2, 0) is 24.1 Å². The topological polar surface area (TPSA) is 58.2 Å². The Hall–Kier alpha value is -1.72. The molecule has 1 unspecified atom stereocenters. The largest absolute Gasteiger partial charge is 0.491 e. The number of halogens is 2. The first-order valence-electron chi connectivity index (χ1n) is 9.91. The highest BCUT2D eigenvalue weighted by molar-refractivity contribution is 6.36. The van der Waals surface area contributed by atoms with Gasteiger partial charge in [-0.2, -0.15) is 5.10 Å². The summed E-state index contributed by atoms with van der Waals surface area (Å²) >= 11 is 13.0. The lowest BCUT2D eigenvalue weighted by atomic mass is 9.89. The van der Waals surface area contributed by atoms with Gasteiger partial charge in [0.25, 0.3) is 0 Å². The summed E-state index contributed by atoms with van der Waals surface area (Å²) in [6, 6.07) is 3.90. The van der Waals surface area contributed by atoms with Crippen molar-refractivity contribution in [3.05, 3.63) is 44.7 Å². The van der Waals surface area contributed by atoms with Crippen LogP contribution in [0.25, 0.3) is 0 Å². The zero-order valence-corrected chi connectivity index (χ0v) is 17.7. The van der Waals surface area contributed by atoms with Crippen LogP contribution in [0.1, 0.15) is 55.6 Å². The molecule has 1 aromatic carbocycles. The van der Waals surface area contributed by atoms with Crippen molar-refractivity contribution in [1.29, 1.82) is 0 Å². The van der Waals surface area contributed by atoms with E-state index in [2.05, 4.69) is 15.1 Å². The average Bonchev–Trinajstić information content (AvgIpc) is 3.23. The first-order chi connectivity index (χ1) is 13.4. The van der Waals surface area contributed by atoms with Gasteiger partial charge >= 0.3 is 0 Å². The molecule has 1 N–H and O–H groups in total. The molecule has 1 amide bonds. The highest BCUT2D eigenvalue weighted by Gasteiger charge is 2.32. The second-order valence-electron chi connectivity index (χ2n) is 7.92. The predicted molar refractivity (Wildman–Crippen MR) is 110 cm³/mol. The lowest BCUT2D eigenvalue weighted by molar-refractivity contribution is -0.129. The maximum atomic E-state index is 12.2. The number of nitrogens with zero attached hydrogens (tertiary/aromatic N) is 2. The quantitative estimate of drug-likeness (QED) is 0.768. The number of H-pyrrole nitrogens is 1. The van der Waals surface area contributed by atoms with E-state index >= 15 is 0 Å². The number of hydrogen-bond acceptors (Lipinski definition) is 3. The predicted octanol–water partition coefficient (Wildman–Crippen LogP) is 4.57. The smallest absolute Gasteiger partial charge is 0.222 e. The van der Waals surface area contributed by atoms with Gasteiger partial charge in [0.15, 0.2) is 0 Å². The Labute approximate surface area is 175 Å². The van der Waals surface area contributed by atoms with Gasteiger partial charge in [-0.05, 0) is 62.8 Å². The van der Waals surface area contributed by atoms with E-state index in [9.17, 15) is 4.79 Å². The van der Waals surface area contributed by atoms with E-state index in [1.165, 1.54) is 5.56 Å². The van der Waals surface area contributed by atoms with Crippen LogP contribution in [0.5, 0.6) is 5.75 Å². The Bertz CT molecular complexity index is 871. The number of likely N-dealkylation sites (tertiary alicyclic amines) is 1. The molecule has 2 heterocycles. The number of hydrogen-bond donors (Lipinski definition) is 1. The second kappa shape index (κ2) is 7.96. The molecule has 0 saturated carbocycles. The van der Waals surface area contributed by atoms with Crippen LogP contribution in [0.4, 0.5) is 0 Å². The molecule has 28 heavy (non-hydrogen) atoms. The Balaban J connectivity index is 1.56. The average molecular weight is 422 g/mol. The number of aryl methyl sites for hydroxylation is 1. The van der Waals surface area contributed by atoms with E-state index in [1.54, 1.807) is 0 Å². The van der Waals surface area contributed by atoms with Gasteiger partial charge in [0.2, 0.25) is 5.91 Å². The third-order valence-corrected chi connectivity index (χ3v) is 6.26. The van der Waals surface area contributed by atoms with Crippen molar-refractivity contribution in [2.24, 2.45) is 0 Å². The number of rotatable bonds is 5. The highest BCUT2D eigenvalue weighted by Crippen LogP contribution is 2.35. The fraction of sp³-hybridized carbons (Fsp3) is 0.524. The summed E-state index contributed by atoms with van der Waals surface area (Å²) in [6.07, 6.45) is 5.00. The second-order valence-corrected chi connectivity index (χ2v) is 8.74. The van der Waals surface area contributed by atoms with E-state index in [0.29, 0.717) is 28.6 Å². The van der Waals surface area contributed by atoms with E-state index < -0.39 is 0 Å². The monoisotopic (exact) mass is 421 g/mol. The van der Waals surface area contributed by atoms with Gasteiger partial charge in [-0.15, -0.1) is 0 Å². The van der Waals surface area contributed by atoms with Crippen molar-refractivity contribution in [2.45, 2.75) is 64.5 Å². The summed E-state index contributed by atoms with van der Waals surface area (Å²) in [4.78, 5) is 14.2. The molecule has 0 bridgehead atoms. The van der Waals surface area contributed by atoms with Crippen molar-refractivity contribution >= 4 is 29.1 Å². The van der Waals surface area contributed by atoms with Crippen LogP contribution >= 0.6 is 23.2 Å². The number of aromatic amines is 1. The number of nitrogens with one attached hydrogen (secondary N) is 1. The minimum atomic E-state index is 0.0582. The molecule has 1 saturated heterocycles. The number of carbonyl (C=O) groups excluding carboxylic acids is 1. The molecular formula is C21H25Cl2N3O2. The van der Waals surface area contributed by atoms with Gasteiger partial charge in [-0.1, -0.05) is 23.2 Å². The Morgan fingerprint density at radius 1 is 1.29 bits per heavy atom. The number of benzene rings is 1. The maximum absolute atomic E-state index is 12.2. The highest BCUT2D eigenvalue weighted by atomic mass is 35.5. The molecule has 0 spiro atoms. The van der Waals surface area contributed by atoms with Crippen molar-refractivity contribution in [2.75, 3.05) is 6.54 Å². The van der Waals surface area contributed by atoms with Gasteiger partial charge in [-0.3, -0.25) is 9.89 Å². The molecule has 2 aliphatic rings. The third-order valence-electron chi connectivity index (χ3n) is 5.58. The van der Waals surface area contributed by atoms with Gasteiger partial charge in [-0.25, -0.2) is 0 Å². The van der Waals surface area contributed by atoms with E-state index in [-0.39, 0.29) is 18.1 Å². The molecule has 1 fully saturated rings. The molecule has 1 aliphatic heterocycles. The first-order valence-corrected chi connectivity index (χ1v) is 10.7. The van der Waals surface area contributed by atoms with Crippen molar-refractivity contribution in [3.8, 4) is 5.75 Å². The lowest BCUT2D eigenvalue weighted by Gasteiger charge is -2.31. The van der Waals surface area contributed by atoms with E-state index in [0.717, 1.165) is 49.2 Å². The van der Waals surface area contributed by atoms with Gasteiger partial charge < -0.3 is 9.64 Å². The normalized spacial score (nSPS) is 19.4. The Kier molecular flexibility index (Phi) is 5.57. The summed E-state index contributed by atoms with van der Waals surface area (Å²) in [5.41, 5.74) is 4.22. The summed E-state index contributed by atoms with van der Waals surface area (Å²) in [6.45, 7) is 4.81. The Morgan fingerprint density at radius 3 is 2.68 bits per heavy atom. The zero-order chi connectivity index (χ0) is 19.8. The molecule has 0 radical (unpaired) electrons. The Morgan fingerprint density at radius 2 is 2.04 bits per heavy atom.